The van der Waals surface area contributed by atoms with Crippen molar-refractivity contribution in [2.45, 2.75) is 13.0 Å². The first-order valence-electron chi connectivity index (χ1n) is 8.16. The molecule has 0 radical (unpaired) electrons. The molecule has 0 fully saturated rings. The van der Waals surface area contributed by atoms with Crippen molar-refractivity contribution < 1.29 is 14.8 Å². The van der Waals surface area contributed by atoms with E-state index in [2.05, 4.69) is 15.5 Å². The zero-order valence-electron chi connectivity index (χ0n) is 14.5. The van der Waals surface area contributed by atoms with Crippen LogP contribution in [-0.4, -0.2) is 26.1 Å². The number of aromatic hydroxyl groups is 1. The van der Waals surface area contributed by atoms with E-state index < -0.39 is 22.3 Å². The maximum Gasteiger partial charge on any atom is 0.311 e. The minimum atomic E-state index is -0.675. The summed E-state index contributed by atoms with van der Waals surface area (Å²) in [6, 6.07) is 11.2. The van der Waals surface area contributed by atoms with Gasteiger partial charge in [-0.25, -0.2) is 0 Å². The number of nitrogens with two attached hydrogens (primary N) is 1. The van der Waals surface area contributed by atoms with Crippen LogP contribution in [0.4, 0.5) is 11.5 Å². The Morgan fingerprint density at radius 3 is 2.75 bits per heavy atom. The Hall–Kier alpha value is -3.59. The number of phenolic OH excluding ortho intramolecular Hbond substituents is 1. The molecule has 0 bridgehead atoms. The number of carbonyl (C=O) groups is 1. The SMILES string of the molecule is NC(=O)c1c(NCc2ccc(O)c([N+](=O)[O-])c2)n[nH]c1Cc1cccc(Cl)c1. The van der Waals surface area contributed by atoms with Crippen LogP contribution in [0.15, 0.2) is 42.5 Å². The summed E-state index contributed by atoms with van der Waals surface area (Å²) in [6.45, 7) is 0.142. The van der Waals surface area contributed by atoms with Crippen LogP contribution in [0.25, 0.3) is 0 Å². The van der Waals surface area contributed by atoms with Gasteiger partial charge in [0.05, 0.1) is 10.6 Å². The number of aromatic nitrogens is 2. The van der Waals surface area contributed by atoms with Crippen molar-refractivity contribution in [3.63, 3.8) is 0 Å². The number of aromatic amines is 1. The number of primary amides is 1. The summed E-state index contributed by atoms with van der Waals surface area (Å²) in [5.74, 6) is -0.847. The number of rotatable bonds is 7. The van der Waals surface area contributed by atoms with Crippen LogP contribution >= 0.6 is 11.6 Å². The zero-order valence-corrected chi connectivity index (χ0v) is 15.2. The summed E-state index contributed by atoms with van der Waals surface area (Å²) in [4.78, 5) is 22.2. The number of hydrogen-bond acceptors (Lipinski definition) is 6. The van der Waals surface area contributed by atoms with Gasteiger partial charge in [0, 0.05) is 24.1 Å². The summed E-state index contributed by atoms with van der Waals surface area (Å²) in [6.07, 6.45) is 0.373. The summed E-state index contributed by atoms with van der Waals surface area (Å²) in [5, 5.41) is 30.9. The largest absolute Gasteiger partial charge is 0.502 e. The molecule has 9 nitrogen and oxygen atoms in total. The van der Waals surface area contributed by atoms with E-state index >= 15 is 0 Å². The number of nitrogens with zero attached hydrogens (tertiary/aromatic N) is 2. The van der Waals surface area contributed by atoms with Crippen molar-refractivity contribution in [1.29, 1.82) is 0 Å². The van der Waals surface area contributed by atoms with E-state index in [-0.39, 0.29) is 17.9 Å². The normalized spacial score (nSPS) is 10.6. The van der Waals surface area contributed by atoms with Crippen LogP contribution in [0.5, 0.6) is 5.75 Å². The van der Waals surface area contributed by atoms with Crippen LogP contribution in [-0.2, 0) is 13.0 Å². The molecule has 3 rings (SSSR count). The molecule has 0 atom stereocenters. The van der Waals surface area contributed by atoms with Gasteiger partial charge in [-0.3, -0.25) is 20.0 Å². The van der Waals surface area contributed by atoms with Gasteiger partial charge in [0.2, 0.25) is 0 Å². The van der Waals surface area contributed by atoms with Crippen LogP contribution in [0.1, 0.15) is 27.2 Å². The van der Waals surface area contributed by atoms with Gasteiger partial charge in [0.25, 0.3) is 5.91 Å². The molecule has 0 aliphatic rings. The van der Waals surface area contributed by atoms with Gasteiger partial charge in [-0.05, 0) is 29.3 Å². The molecule has 10 heteroatoms. The van der Waals surface area contributed by atoms with Gasteiger partial charge < -0.3 is 16.2 Å². The number of halogens is 1. The van der Waals surface area contributed by atoms with Crippen molar-refractivity contribution in [2.24, 2.45) is 5.73 Å². The molecule has 3 aromatic rings. The fraction of sp³-hybridized carbons (Fsp3) is 0.111. The van der Waals surface area contributed by atoms with Crippen LogP contribution in [0.3, 0.4) is 0 Å². The molecule has 0 saturated heterocycles. The van der Waals surface area contributed by atoms with Gasteiger partial charge in [0.15, 0.2) is 11.6 Å². The number of nitro groups is 1. The summed E-state index contributed by atoms with van der Waals surface area (Å²) < 4.78 is 0. The van der Waals surface area contributed by atoms with Crippen LogP contribution < -0.4 is 11.1 Å². The highest BCUT2D eigenvalue weighted by Crippen LogP contribution is 2.27. The van der Waals surface area contributed by atoms with Crippen molar-refractivity contribution >= 4 is 29.0 Å². The lowest BCUT2D eigenvalue weighted by atomic mass is 10.1. The number of carbonyl (C=O) groups excluding carboxylic acids is 1. The molecule has 0 aliphatic carbocycles. The molecule has 5 N–H and O–H groups in total. The number of phenols is 1. The Labute approximate surface area is 164 Å². The zero-order chi connectivity index (χ0) is 20.3. The van der Waals surface area contributed by atoms with Gasteiger partial charge in [-0.15, -0.1) is 0 Å². The van der Waals surface area contributed by atoms with E-state index in [1.807, 2.05) is 6.07 Å². The van der Waals surface area contributed by atoms with Crippen molar-refractivity contribution in [1.82, 2.24) is 10.2 Å². The van der Waals surface area contributed by atoms with Crippen LogP contribution in [0.2, 0.25) is 5.02 Å². The summed E-state index contributed by atoms with van der Waals surface area (Å²) in [5.41, 5.74) is 7.23. The second-order valence-electron chi connectivity index (χ2n) is 6.03. The average Bonchev–Trinajstić information content (AvgIpc) is 3.03. The lowest BCUT2D eigenvalue weighted by Crippen LogP contribution is -2.15. The third-order valence-corrected chi connectivity index (χ3v) is 4.29. The molecular formula is C18H16ClN5O4. The summed E-state index contributed by atoms with van der Waals surface area (Å²) >= 11 is 5.99. The monoisotopic (exact) mass is 401 g/mol. The second-order valence-corrected chi connectivity index (χ2v) is 6.47. The van der Waals surface area contributed by atoms with Gasteiger partial charge in [-0.2, -0.15) is 5.10 Å². The molecule has 0 unspecified atom stereocenters. The topological polar surface area (TPSA) is 147 Å². The van der Waals surface area contributed by atoms with Gasteiger partial charge >= 0.3 is 5.69 Å². The number of amides is 1. The van der Waals surface area contributed by atoms with Crippen molar-refractivity contribution in [2.75, 3.05) is 5.32 Å². The lowest BCUT2D eigenvalue weighted by molar-refractivity contribution is -0.385. The second kappa shape index (κ2) is 7.97. The number of nitro benzene ring substituents is 1. The van der Waals surface area contributed by atoms with E-state index in [1.165, 1.54) is 18.2 Å². The molecule has 0 aliphatic heterocycles. The van der Waals surface area contributed by atoms with Gasteiger partial charge in [0.1, 0.15) is 5.56 Å². The molecule has 28 heavy (non-hydrogen) atoms. The third-order valence-electron chi connectivity index (χ3n) is 4.05. The molecular weight excluding hydrogens is 386 g/mol. The van der Waals surface area contributed by atoms with E-state index in [0.717, 1.165) is 5.56 Å². The molecule has 1 heterocycles. The highest BCUT2D eigenvalue weighted by Gasteiger charge is 2.19. The first-order valence-corrected chi connectivity index (χ1v) is 8.54. The number of H-pyrrole nitrogens is 1. The minimum Gasteiger partial charge on any atom is -0.502 e. The minimum absolute atomic E-state index is 0.142. The molecule has 0 spiro atoms. The Morgan fingerprint density at radius 2 is 2.07 bits per heavy atom. The average molecular weight is 402 g/mol. The Kier molecular flexibility index (Phi) is 5.46. The molecule has 0 saturated carbocycles. The quantitative estimate of drug-likeness (QED) is 0.353. The van der Waals surface area contributed by atoms with E-state index in [1.54, 1.807) is 18.2 Å². The smallest absolute Gasteiger partial charge is 0.311 e. The first-order chi connectivity index (χ1) is 13.3. The number of anilines is 1. The van der Waals surface area contributed by atoms with Crippen molar-refractivity contribution in [3.8, 4) is 5.75 Å². The molecule has 144 valence electrons. The Morgan fingerprint density at radius 1 is 1.29 bits per heavy atom. The van der Waals surface area contributed by atoms with Gasteiger partial charge in [-0.1, -0.05) is 29.8 Å². The predicted molar refractivity (Wildman–Crippen MR) is 103 cm³/mol. The number of hydrogen-bond donors (Lipinski definition) is 4. The Bertz CT molecular complexity index is 1050. The molecule has 1 aromatic heterocycles. The first kappa shape index (κ1) is 19.2. The molecule has 2 aromatic carbocycles. The van der Waals surface area contributed by atoms with E-state index in [4.69, 9.17) is 17.3 Å². The fourth-order valence-electron chi connectivity index (χ4n) is 2.76. The fourth-order valence-corrected chi connectivity index (χ4v) is 2.97. The van der Waals surface area contributed by atoms with Crippen molar-refractivity contribution in [3.05, 3.63) is 80.0 Å². The highest BCUT2D eigenvalue weighted by molar-refractivity contribution is 6.30. The number of nitrogens with one attached hydrogen (secondary N) is 2. The predicted octanol–water partition coefficient (Wildman–Crippen LogP) is 2.98. The van der Waals surface area contributed by atoms with E-state index in [9.17, 15) is 20.0 Å². The molecule has 1 amide bonds. The summed E-state index contributed by atoms with van der Waals surface area (Å²) in [7, 11) is 0. The highest BCUT2D eigenvalue weighted by atomic mass is 35.5. The Balaban J connectivity index is 1.81. The number of benzene rings is 2. The standard InChI is InChI=1S/C18H16ClN5O4/c19-12-3-1-2-10(6-12)7-13-16(17(20)26)18(23-22-13)21-9-11-4-5-15(25)14(8-11)24(27)28/h1-6,8,25H,7,9H2,(H2,20,26)(H2,21,22,23). The van der Waals surface area contributed by atoms with Crippen LogP contribution in [0, 0.1) is 10.1 Å². The maximum atomic E-state index is 11.9. The van der Waals surface area contributed by atoms with E-state index in [0.29, 0.717) is 22.7 Å². The third kappa shape index (κ3) is 4.21. The maximum absolute atomic E-state index is 11.9. The lowest BCUT2D eigenvalue weighted by Gasteiger charge is -2.07.